The molecule has 1 aromatic carbocycles. The van der Waals surface area contributed by atoms with E-state index in [4.69, 9.17) is 5.73 Å². The van der Waals surface area contributed by atoms with Crippen LogP contribution < -0.4 is 16.7 Å². The Morgan fingerprint density at radius 3 is 2.50 bits per heavy atom. The summed E-state index contributed by atoms with van der Waals surface area (Å²) in [7, 11) is 0. The first-order chi connectivity index (χ1) is 13.6. The van der Waals surface area contributed by atoms with Gasteiger partial charge in [-0.05, 0) is 68.6 Å². The normalized spacial score (nSPS) is 30.6. The van der Waals surface area contributed by atoms with E-state index < -0.39 is 0 Å². The minimum absolute atomic E-state index is 0.0336. The molecule has 3 fully saturated rings. The lowest BCUT2D eigenvalue weighted by Crippen LogP contribution is -2.53. The van der Waals surface area contributed by atoms with Crippen LogP contribution in [-0.2, 0) is 0 Å². The van der Waals surface area contributed by atoms with Crippen molar-refractivity contribution in [2.45, 2.75) is 75.9 Å². The number of rotatable bonds is 3. The van der Waals surface area contributed by atoms with Crippen LogP contribution in [0.4, 0.5) is 0 Å². The summed E-state index contributed by atoms with van der Waals surface area (Å²) >= 11 is 0. The molecule has 0 aliphatic heterocycles. The number of imidazole rings is 1. The number of nitrogens with one attached hydrogen (secondary N) is 2. The fourth-order valence-corrected chi connectivity index (χ4v) is 6.06. The molecule has 2 atom stereocenters. The van der Waals surface area contributed by atoms with Gasteiger partial charge in [-0.1, -0.05) is 19.3 Å². The van der Waals surface area contributed by atoms with Crippen LogP contribution >= 0.6 is 0 Å². The fraction of sp³-hybridized carbons (Fsp3) is 0.636. The first-order valence-electron chi connectivity index (χ1n) is 10.9. The van der Waals surface area contributed by atoms with Crippen LogP contribution in [0.2, 0.25) is 0 Å². The van der Waals surface area contributed by atoms with Crippen molar-refractivity contribution in [3.8, 4) is 0 Å². The Kier molecular flexibility index (Phi) is 4.54. The molecule has 0 radical (unpaired) electrons. The number of nitrogens with zero attached hydrogens (tertiary/aromatic N) is 1. The summed E-state index contributed by atoms with van der Waals surface area (Å²) in [5.74, 6) is 0.964. The molecule has 0 spiro atoms. The number of benzene rings is 1. The molecule has 1 aromatic heterocycles. The number of aromatic nitrogens is 2. The Labute approximate surface area is 164 Å². The maximum atomic E-state index is 13.0. The summed E-state index contributed by atoms with van der Waals surface area (Å²) in [5.41, 5.74) is 8.45. The lowest BCUT2D eigenvalue weighted by molar-refractivity contribution is 0.0756. The number of carbonyl (C=O) groups is 1. The third-order valence-electron chi connectivity index (χ3n) is 7.34. The second kappa shape index (κ2) is 7.07. The number of nitrogens with two attached hydrogens (primary N) is 1. The van der Waals surface area contributed by atoms with Crippen LogP contribution in [0.25, 0.3) is 11.0 Å². The summed E-state index contributed by atoms with van der Waals surface area (Å²) < 4.78 is 1.89. The topological polar surface area (TPSA) is 92.9 Å². The zero-order chi connectivity index (χ0) is 19.3. The standard InChI is InChI=1S/C22H30N4O2/c23-16-10-13-4-3-5-14(11-16)20(13)25-21(27)15-8-9-19-18(12-15)24-22(28)26(19)17-6-1-2-7-17/h8-9,12-14,16-17,20H,1-7,10-11,23H2,(H,24,28)(H,25,27). The van der Waals surface area contributed by atoms with Crippen molar-refractivity contribution in [2.75, 3.05) is 0 Å². The van der Waals surface area contributed by atoms with Gasteiger partial charge in [0.15, 0.2) is 0 Å². The molecule has 2 unspecified atom stereocenters. The molecule has 0 saturated heterocycles. The van der Waals surface area contributed by atoms with Crippen molar-refractivity contribution in [1.29, 1.82) is 0 Å². The van der Waals surface area contributed by atoms with Gasteiger partial charge in [0.2, 0.25) is 0 Å². The van der Waals surface area contributed by atoms with Crippen molar-refractivity contribution in [2.24, 2.45) is 17.6 Å². The van der Waals surface area contributed by atoms with Gasteiger partial charge in [-0.25, -0.2) is 4.79 Å². The molecular formula is C22H30N4O2. The van der Waals surface area contributed by atoms with E-state index in [1.54, 1.807) is 0 Å². The minimum atomic E-state index is -0.0599. The molecule has 150 valence electrons. The largest absolute Gasteiger partial charge is 0.349 e. The fourth-order valence-electron chi connectivity index (χ4n) is 6.06. The Hall–Kier alpha value is -2.08. The van der Waals surface area contributed by atoms with Crippen LogP contribution in [0.15, 0.2) is 23.0 Å². The highest BCUT2D eigenvalue weighted by Crippen LogP contribution is 2.39. The summed E-state index contributed by atoms with van der Waals surface area (Å²) in [6.07, 6.45) is 10.1. The second-order valence-electron chi connectivity index (χ2n) is 9.15. The average molecular weight is 383 g/mol. The maximum Gasteiger partial charge on any atom is 0.326 e. The molecule has 1 amide bonds. The second-order valence-corrected chi connectivity index (χ2v) is 9.15. The lowest BCUT2D eigenvalue weighted by Gasteiger charge is -2.45. The molecule has 6 nitrogen and oxygen atoms in total. The van der Waals surface area contributed by atoms with E-state index in [2.05, 4.69) is 10.3 Å². The SMILES string of the molecule is NC1CC2CCCC(C1)C2NC(=O)c1ccc2c(c1)[nH]c(=O)n2C1CCCC1. The highest BCUT2D eigenvalue weighted by molar-refractivity contribution is 5.97. The number of H-pyrrole nitrogens is 1. The van der Waals surface area contributed by atoms with E-state index in [9.17, 15) is 9.59 Å². The highest BCUT2D eigenvalue weighted by atomic mass is 16.2. The van der Waals surface area contributed by atoms with Crippen molar-refractivity contribution in [1.82, 2.24) is 14.9 Å². The Morgan fingerprint density at radius 1 is 1.07 bits per heavy atom. The van der Waals surface area contributed by atoms with E-state index in [0.717, 1.165) is 49.6 Å². The van der Waals surface area contributed by atoms with Gasteiger partial charge in [0.1, 0.15) is 0 Å². The highest BCUT2D eigenvalue weighted by Gasteiger charge is 2.40. The maximum absolute atomic E-state index is 13.0. The molecule has 2 bridgehead atoms. The molecule has 2 aromatic rings. The Morgan fingerprint density at radius 2 is 1.79 bits per heavy atom. The number of hydrogen-bond donors (Lipinski definition) is 3. The van der Waals surface area contributed by atoms with Gasteiger partial charge in [0, 0.05) is 23.7 Å². The minimum Gasteiger partial charge on any atom is -0.349 e. The third-order valence-corrected chi connectivity index (χ3v) is 7.34. The summed E-state index contributed by atoms with van der Waals surface area (Å²) in [6.45, 7) is 0. The zero-order valence-corrected chi connectivity index (χ0v) is 16.3. The monoisotopic (exact) mass is 382 g/mol. The number of amides is 1. The summed E-state index contributed by atoms with van der Waals surface area (Å²) in [4.78, 5) is 28.4. The van der Waals surface area contributed by atoms with E-state index in [1.165, 1.54) is 19.3 Å². The van der Waals surface area contributed by atoms with Crippen molar-refractivity contribution in [3.63, 3.8) is 0 Å². The van der Waals surface area contributed by atoms with Gasteiger partial charge < -0.3 is 16.0 Å². The number of hydrogen-bond acceptors (Lipinski definition) is 3. The van der Waals surface area contributed by atoms with Crippen molar-refractivity contribution >= 4 is 16.9 Å². The van der Waals surface area contributed by atoms with Gasteiger partial charge >= 0.3 is 5.69 Å². The molecule has 6 heteroatoms. The molecule has 3 saturated carbocycles. The van der Waals surface area contributed by atoms with Crippen LogP contribution in [0.5, 0.6) is 0 Å². The van der Waals surface area contributed by atoms with Crippen LogP contribution in [0.1, 0.15) is 74.2 Å². The molecule has 3 aliphatic carbocycles. The average Bonchev–Trinajstić information content (AvgIpc) is 3.28. The quantitative estimate of drug-likeness (QED) is 0.761. The van der Waals surface area contributed by atoms with Crippen LogP contribution in [0, 0.1) is 11.8 Å². The number of aromatic amines is 1. The van der Waals surface area contributed by atoms with Crippen LogP contribution in [-0.4, -0.2) is 27.5 Å². The van der Waals surface area contributed by atoms with Gasteiger partial charge in [-0.15, -0.1) is 0 Å². The van der Waals surface area contributed by atoms with E-state index in [-0.39, 0.29) is 29.7 Å². The van der Waals surface area contributed by atoms with Crippen molar-refractivity contribution < 1.29 is 4.79 Å². The summed E-state index contributed by atoms with van der Waals surface area (Å²) in [6, 6.07) is 6.42. The molecule has 5 rings (SSSR count). The Balaban J connectivity index is 1.39. The third kappa shape index (κ3) is 3.08. The van der Waals surface area contributed by atoms with Gasteiger partial charge in [0.25, 0.3) is 5.91 Å². The number of fused-ring (bicyclic) bond motifs is 3. The van der Waals surface area contributed by atoms with E-state index in [0.29, 0.717) is 17.4 Å². The van der Waals surface area contributed by atoms with Gasteiger partial charge in [-0.2, -0.15) is 0 Å². The van der Waals surface area contributed by atoms with Gasteiger partial charge in [-0.3, -0.25) is 9.36 Å². The first kappa shape index (κ1) is 18.0. The van der Waals surface area contributed by atoms with Crippen LogP contribution in [0.3, 0.4) is 0 Å². The summed E-state index contributed by atoms with van der Waals surface area (Å²) in [5, 5.41) is 3.31. The molecule has 3 aliphatic rings. The van der Waals surface area contributed by atoms with Crippen molar-refractivity contribution in [3.05, 3.63) is 34.2 Å². The predicted molar refractivity (Wildman–Crippen MR) is 109 cm³/mol. The first-order valence-corrected chi connectivity index (χ1v) is 10.9. The molecule has 28 heavy (non-hydrogen) atoms. The lowest BCUT2D eigenvalue weighted by atomic mass is 9.67. The predicted octanol–water partition coefficient (Wildman–Crippen LogP) is 3.08. The Bertz CT molecular complexity index is 926. The van der Waals surface area contributed by atoms with E-state index in [1.807, 2.05) is 22.8 Å². The molecule has 4 N–H and O–H groups in total. The van der Waals surface area contributed by atoms with Gasteiger partial charge in [0.05, 0.1) is 11.0 Å². The molecule has 1 heterocycles. The zero-order valence-electron chi connectivity index (χ0n) is 16.3. The smallest absolute Gasteiger partial charge is 0.326 e. The molecular weight excluding hydrogens is 352 g/mol. The number of carbonyl (C=O) groups excluding carboxylic acids is 1. The van der Waals surface area contributed by atoms with E-state index >= 15 is 0 Å².